The number of ether oxygens (including phenoxy) is 8. The fraction of sp³-hybridized carbons (Fsp3) is 0.942. The van der Waals surface area contributed by atoms with E-state index in [9.17, 15) is 71.2 Å². The summed E-state index contributed by atoms with van der Waals surface area (Å²) in [5.74, 6) is -1.02. The molecule has 4 heterocycles. The van der Waals surface area contributed by atoms with E-state index in [1.807, 2.05) is 0 Å². The van der Waals surface area contributed by atoms with Gasteiger partial charge in [0.15, 0.2) is 25.2 Å². The molecule has 74 heavy (non-hydrogen) atoms. The minimum absolute atomic E-state index is 0.0480. The highest BCUT2D eigenvalue weighted by molar-refractivity contribution is 5.77. The van der Waals surface area contributed by atoms with Crippen LogP contribution in [0.25, 0.3) is 0 Å². The second-order valence-corrected chi connectivity index (χ2v) is 25.5. The van der Waals surface area contributed by atoms with Crippen molar-refractivity contribution >= 4 is 5.97 Å². The minimum Gasteiger partial charge on any atom is -0.481 e. The highest BCUT2D eigenvalue weighted by Crippen LogP contribution is 2.76. The fourth-order valence-corrected chi connectivity index (χ4v) is 16.0. The number of carboxylic acids is 1. The van der Waals surface area contributed by atoms with Gasteiger partial charge in [-0.05, 0) is 103 Å². The van der Waals surface area contributed by atoms with Crippen molar-refractivity contribution in [2.24, 2.45) is 50.2 Å². The largest absolute Gasteiger partial charge is 0.481 e. The first-order chi connectivity index (χ1) is 34.6. The summed E-state index contributed by atoms with van der Waals surface area (Å²) >= 11 is 0. The van der Waals surface area contributed by atoms with Crippen LogP contribution >= 0.6 is 0 Å². The Balaban J connectivity index is 0.971. The third-order valence-corrected chi connectivity index (χ3v) is 20.7. The maximum absolute atomic E-state index is 13.3. The van der Waals surface area contributed by atoms with Gasteiger partial charge in [0.05, 0.1) is 38.6 Å². The van der Waals surface area contributed by atoms with Gasteiger partial charge in [0, 0.05) is 0 Å². The quantitative estimate of drug-likeness (QED) is 0.0852. The molecule has 9 rings (SSSR count). The third-order valence-electron chi connectivity index (χ3n) is 20.7. The number of allylic oxidation sites excluding steroid dienone is 2. The molecule has 8 fully saturated rings. The van der Waals surface area contributed by atoms with Gasteiger partial charge in [-0.25, -0.2) is 0 Å². The van der Waals surface area contributed by atoms with Crippen LogP contribution in [0.3, 0.4) is 0 Å². The molecule has 4 aliphatic heterocycles. The average Bonchev–Trinajstić information content (AvgIpc) is 3.34. The Morgan fingerprint density at radius 3 is 1.91 bits per heavy atom. The van der Waals surface area contributed by atoms with E-state index < -0.39 is 171 Å². The number of aliphatic hydroxyl groups is 12. The molecular weight excluding hydrogens is 977 g/mol. The van der Waals surface area contributed by atoms with Crippen LogP contribution in [0.2, 0.25) is 0 Å². The Hall–Kier alpha value is -1.59. The number of carbonyl (C=O) groups is 1. The number of rotatable bonds is 11. The zero-order valence-electron chi connectivity index (χ0n) is 43.5. The number of aliphatic carboxylic acids is 1. The molecule has 0 radical (unpaired) electrons. The van der Waals surface area contributed by atoms with E-state index in [-0.39, 0.29) is 34.0 Å². The highest BCUT2D eigenvalue weighted by Gasteiger charge is 2.72. The summed E-state index contributed by atoms with van der Waals surface area (Å²) in [6, 6.07) is 0. The molecular formula is C52H84O22. The first-order valence-corrected chi connectivity index (χ1v) is 26.7. The molecule has 4 saturated carbocycles. The van der Waals surface area contributed by atoms with E-state index in [1.54, 1.807) is 0 Å². The molecule has 0 aromatic heterocycles. The molecule has 0 amide bonds. The number of hydrogen-bond donors (Lipinski definition) is 13. The van der Waals surface area contributed by atoms with Crippen molar-refractivity contribution in [1.29, 1.82) is 0 Å². The van der Waals surface area contributed by atoms with Gasteiger partial charge in [-0.15, -0.1) is 0 Å². The molecule has 9 aliphatic rings. The number of hydrogen-bond acceptors (Lipinski definition) is 21. The Morgan fingerprint density at radius 2 is 1.23 bits per heavy atom. The normalized spacial score (nSPS) is 54.1. The smallest absolute Gasteiger partial charge is 0.312 e. The van der Waals surface area contributed by atoms with Crippen molar-refractivity contribution in [3.8, 4) is 0 Å². The van der Waals surface area contributed by atoms with Crippen molar-refractivity contribution in [1.82, 2.24) is 0 Å². The summed E-state index contributed by atoms with van der Waals surface area (Å²) in [5.41, 5.74) is -1.78. The zero-order chi connectivity index (χ0) is 54.0. The van der Waals surface area contributed by atoms with Crippen LogP contribution < -0.4 is 0 Å². The van der Waals surface area contributed by atoms with Gasteiger partial charge in [-0.3, -0.25) is 4.79 Å². The molecule has 0 aromatic rings. The molecule has 4 saturated heterocycles. The van der Waals surface area contributed by atoms with Crippen LogP contribution in [0.1, 0.15) is 106 Å². The Bertz CT molecular complexity index is 2040. The van der Waals surface area contributed by atoms with Crippen LogP contribution in [0, 0.1) is 50.2 Å². The lowest BCUT2D eigenvalue weighted by atomic mass is 9.33. The summed E-state index contributed by atoms with van der Waals surface area (Å²) in [4.78, 5) is 13.3. The van der Waals surface area contributed by atoms with Gasteiger partial charge < -0.3 is 104 Å². The molecule has 13 N–H and O–H groups in total. The molecule has 0 aromatic carbocycles. The predicted octanol–water partition coefficient (Wildman–Crippen LogP) is -1.22. The summed E-state index contributed by atoms with van der Waals surface area (Å²) < 4.78 is 48.1. The van der Waals surface area contributed by atoms with E-state index in [4.69, 9.17) is 37.9 Å². The summed E-state index contributed by atoms with van der Waals surface area (Å²) in [6.07, 6.45) is -23.1. The Morgan fingerprint density at radius 1 is 0.622 bits per heavy atom. The monoisotopic (exact) mass is 1060 g/mol. The Kier molecular flexibility index (Phi) is 15.8. The minimum atomic E-state index is -1.89. The maximum Gasteiger partial charge on any atom is 0.312 e. The van der Waals surface area contributed by atoms with Crippen LogP contribution in [-0.2, 0) is 42.7 Å². The van der Waals surface area contributed by atoms with Crippen molar-refractivity contribution in [2.75, 3.05) is 26.4 Å². The van der Waals surface area contributed by atoms with Crippen LogP contribution in [0.5, 0.6) is 0 Å². The highest BCUT2D eigenvalue weighted by atomic mass is 16.8. The Labute approximate surface area is 431 Å². The lowest BCUT2D eigenvalue weighted by Gasteiger charge is -2.71. The van der Waals surface area contributed by atoms with Gasteiger partial charge in [-0.1, -0.05) is 60.1 Å². The van der Waals surface area contributed by atoms with Crippen molar-refractivity contribution in [3.63, 3.8) is 0 Å². The standard InChI is InChI=1S/C52H84O22/c1-47(2)14-15-52(46(65)66)23(16-47)22-8-9-29-49(5)12-11-31(48(3,4)28(49)10-13-50(29,6)51(22,7)17-30(52)56)72-45-41(74-43-39(64)36(61)34(59)26(18-53)70-43)37(62)35(60)27(71-45)21-69-44-40(33(58)25(55)20-68-44)73-42-38(63)32(57)24(54)19-67-42/h8,23-45,53-64H,9-21H2,1-7H3,(H,65,66)/t23-,24+,25-,26+,27+,28?,29?,30+,31-,32-,33-,34+,35+,36-,37-,38+,39+,40+,41+,42-,43-,44-,45-,49-,50+,51+,52+/m1/s1. The van der Waals surface area contributed by atoms with E-state index in [2.05, 4.69) is 54.5 Å². The third kappa shape index (κ3) is 9.16. The lowest BCUT2D eigenvalue weighted by Crippen LogP contribution is -2.68. The van der Waals surface area contributed by atoms with Gasteiger partial charge >= 0.3 is 5.97 Å². The molecule has 22 nitrogen and oxygen atoms in total. The van der Waals surface area contributed by atoms with Crippen LogP contribution in [-0.4, -0.2) is 222 Å². The summed E-state index contributed by atoms with van der Waals surface area (Å²) in [7, 11) is 0. The summed E-state index contributed by atoms with van der Waals surface area (Å²) in [5, 5.41) is 141. The molecule has 27 atom stereocenters. The SMILES string of the molecule is CC1(C)CC[C@]2(C(=O)O)[C@H](C1)C1=CCC3[C@]4(C)CC[C@@H](O[C@H]5O[C@@H](CO[C@H]6OC[C@@H](O)[C@@H](O)[C@@H]6O[C@H]6OC[C@H](O)[C@@H](O)[C@@H]6O)[C@H](O)[C@@H](O)[C@@H]5O[C@H]5O[C@@H](CO)[C@H](O)[C@@H](O)[C@@H]5O)C(C)(C)C4CC[C@]3(C)[C@@]1(C)C[C@@H]2O. The predicted molar refractivity (Wildman–Crippen MR) is 253 cm³/mol. The van der Waals surface area contributed by atoms with Gasteiger partial charge in [-0.2, -0.15) is 0 Å². The van der Waals surface area contributed by atoms with E-state index in [1.165, 1.54) is 5.57 Å². The van der Waals surface area contributed by atoms with Gasteiger partial charge in [0.1, 0.15) is 90.9 Å². The average molecular weight is 1060 g/mol. The maximum atomic E-state index is 13.3. The van der Waals surface area contributed by atoms with Crippen LogP contribution in [0.4, 0.5) is 0 Å². The first-order valence-electron chi connectivity index (χ1n) is 26.7. The summed E-state index contributed by atoms with van der Waals surface area (Å²) in [6.45, 7) is 13.4. The van der Waals surface area contributed by atoms with E-state index in [0.29, 0.717) is 32.1 Å². The molecule has 5 aliphatic carbocycles. The first kappa shape index (κ1) is 57.1. The number of aliphatic hydroxyl groups excluding tert-OH is 12. The number of carboxylic acid groups (broad SMARTS) is 1. The molecule has 22 heteroatoms. The van der Waals surface area contributed by atoms with Crippen molar-refractivity contribution in [2.45, 2.75) is 229 Å². The molecule has 0 spiro atoms. The van der Waals surface area contributed by atoms with Gasteiger partial charge in [0.2, 0.25) is 0 Å². The molecule has 424 valence electrons. The number of fused-ring (bicyclic) bond motifs is 7. The zero-order valence-corrected chi connectivity index (χ0v) is 43.5. The van der Waals surface area contributed by atoms with Crippen LogP contribution in [0.15, 0.2) is 11.6 Å². The van der Waals surface area contributed by atoms with Crippen molar-refractivity contribution < 1.29 is 109 Å². The topological polar surface area (TPSA) is 354 Å². The van der Waals surface area contributed by atoms with Crippen molar-refractivity contribution in [3.05, 3.63) is 11.6 Å². The second-order valence-electron chi connectivity index (χ2n) is 25.5. The fourth-order valence-electron chi connectivity index (χ4n) is 16.0. The van der Waals surface area contributed by atoms with Gasteiger partial charge in [0.25, 0.3) is 0 Å². The lowest BCUT2D eigenvalue weighted by molar-refractivity contribution is -0.384. The molecule has 2 unspecified atom stereocenters. The molecule has 0 bridgehead atoms. The van der Waals surface area contributed by atoms with E-state index in [0.717, 1.165) is 25.7 Å². The van der Waals surface area contributed by atoms with E-state index >= 15 is 0 Å². The second kappa shape index (κ2) is 20.5.